The zero-order valence-electron chi connectivity index (χ0n) is 15.2. The van der Waals surface area contributed by atoms with Gasteiger partial charge in [-0.3, -0.25) is 9.89 Å². The molecular formula is C18H30N4O3. The van der Waals surface area contributed by atoms with Crippen molar-refractivity contribution >= 4 is 5.91 Å². The van der Waals surface area contributed by atoms with Gasteiger partial charge in [-0.25, -0.2) is 0 Å². The van der Waals surface area contributed by atoms with Crippen molar-refractivity contribution in [1.29, 1.82) is 0 Å². The van der Waals surface area contributed by atoms with E-state index in [0.717, 1.165) is 65.1 Å². The fourth-order valence-corrected chi connectivity index (χ4v) is 3.74. The van der Waals surface area contributed by atoms with Gasteiger partial charge in [0.2, 0.25) is 0 Å². The zero-order valence-corrected chi connectivity index (χ0v) is 15.2. The molecule has 0 saturated carbocycles. The zero-order chi connectivity index (χ0) is 17.5. The van der Waals surface area contributed by atoms with Crippen LogP contribution in [-0.2, 0) is 9.47 Å². The number of hydrogen-bond acceptors (Lipinski definition) is 5. The fourth-order valence-electron chi connectivity index (χ4n) is 3.74. The van der Waals surface area contributed by atoms with E-state index in [4.69, 9.17) is 9.47 Å². The summed E-state index contributed by atoms with van der Waals surface area (Å²) < 4.78 is 10.9. The van der Waals surface area contributed by atoms with Gasteiger partial charge < -0.3 is 19.3 Å². The van der Waals surface area contributed by atoms with E-state index in [1.54, 1.807) is 19.4 Å². The molecule has 1 amide bonds. The van der Waals surface area contributed by atoms with Gasteiger partial charge in [-0.1, -0.05) is 0 Å². The van der Waals surface area contributed by atoms with E-state index < -0.39 is 0 Å². The average molecular weight is 350 g/mol. The number of methoxy groups -OCH3 is 1. The number of amides is 1. The average Bonchev–Trinajstić information content (AvgIpc) is 3.34. The lowest BCUT2D eigenvalue weighted by molar-refractivity contribution is 0.0433. The van der Waals surface area contributed by atoms with Gasteiger partial charge in [0.05, 0.1) is 12.7 Å². The molecule has 2 fully saturated rings. The molecule has 1 aromatic heterocycles. The van der Waals surface area contributed by atoms with Crippen molar-refractivity contribution in [3.63, 3.8) is 0 Å². The number of carbonyl (C=O) groups is 1. The molecule has 1 N–H and O–H groups in total. The molecule has 3 rings (SSSR count). The summed E-state index contributed by atoms with van der Waals surface area (Å²) in [5, 5.41) is 6.73. The molecule has 1 unspecified atom stereocenters. The highest BCUT2D eigenvalue weighted by Gasteiger charge is 2.28. The van der Waals surface area contributed by atoms with Crippen LogP contribution in [0.4, 0.5) is 0 Å². The number of ether oxygens (including phenoxy) is 2. The summed E-state index contributed by atoms with van der Waals surface area (Å²) in [6.45, 7) is 6.25. The quantitative estimate of drug-likeness (QED) is 0.767. The highest BCUT2D eigenvalue weighted by Crippen LogP contribution is 2.21. The predicted molar refractivity (Wildman–Crippen MR) is 94.5 cm³/mol. The highest BCUT2D eigenvalue weighted by molar-refractivity contribution is 5.92. The van der Waals surface area contributed by atoms with Gasteiger partial charge in [0.1, 0.15) is 5.69 Å². The normalized spacial score (nSPS) is 22.4. The number of nitrogens with zero attached hydrogens (tertiary/aromatic N) is 3. The van der Waals surface area contributed by atoms with E-state index in [-0.39, 0.29) is 12.0 Å². The van der Waals surface area contributed by atoms with Crippen LogP contribution in [0.1, 0.15) is 36.2 Å². The van der Waals surface area contributed by atoms with E-state index in [1.165, 1.54) is 0 Å². The first-order chi connectivity index (χ1) is 12.3. The molecule has 7 heteroatoms. The molecule has 0 aliphatic carbocycles. The summed E-state index contributed by atoms with van der Waals surface area (Å²) in [6, 6.07) is 1.75. The summed E-state index contributed by atoms with van der Waals surface area (Å²) in [5.41, 5.74) is 0.565. The Balaban J connectivity index is 1.55. The van der Waals surface area contributed by atoms with Crippen LogP contribution in [0.3, 0.4) is 0 Å². The van der Waals surface area contributed by atoms with Crippen LogP contribution >= 0.6 is 0 Å². The maximum absolute atomic E-state index is 12.8. The van der Waals surface area contributed by atoms with Gasteiger partial charge in [-0.15, -0.1) is 0 Å². The van der Waals surface area contributed by atoms with Gasteiger partial charge in [-0.05, 0) is 50.8 Å². The first-order valence-electron chi connectivity index (χ1n) is 9.38. The smallest absolute Gasteiger partial charge is 0.271 e. The standard InChI is InChI=1S/C18H30N4O3/c1-24-12-10-21-8-5-15(6-9-21)13-22(14-16-3-2-11-25-16)18(23)17-4-7-19-20-17/h4,7,15-16H,2-3,5-6,8-14H2,1H3,(H,19,20). The molecule has 0 aromatic carbocycles. The van der Waals surface area contributed by atoms with Gasteiger partial charge in [-0.2, -0.15) is 5.10 Å². The number of aromatic nitrogens is 2. The number of rotatable bonds is 8. The number of H-pyrrole nitrogens is 1. The Morgan fingerprint density at radius 1 is 1.40 bits per heavy atom. The minimum atomic E-state index is 0.0369. The third-order valence-electron chi connectivity index (χ3n) is 5.26. The molecule has 2 saturated heterocycles. The van der Waals surface area contributed by atoms with Crippen LogP contribution in [0, 0.1) is 5.92 Å². The predicted octanol–water partition coefficient (Wildman–Crippen LogP) is 1.39. The number of aromatic amines is 1. The first kappa shape index (κ1) is 18.4. The number of hydrogen-bond donors (Lipinski definition) is 1. The fraction of sp³-hybridized carbons (Fsp3) is 0.778. The Morgan fingerprint density at radius 2 is 2.24 bits per heavy atom. The van der Waals surface area contributed by atoms with Crippen molar-refractivity contribution in [3.8, 4) is 0 Å². The second-order valence-corrected chi connectivity index (χ2v) is 7.09. The lowest BCUT2D eigenvalue weighted by Gasteiger charge is -2.35. The monoisotopic (exact) mass is 350 g/mol. The van der Waals surface area contributed by atoms with Gasteiger partial charge in [0.15, 0.2) is 0 Å². The topological polar surface area (TPSA) is 70.7 Å². The molecule has 140 valence electrons. The van der Waals surface area contributed by atoms with Crippen molar-refractivity contribution in [2.24, 2.45) is 5.92 Å². The summed E-state index contributed by atoms with van der Waals surface area (Å²) in [5.74, 6) is 0.585. The maximum Gasteiger partial charge on any atom is 0.271 e. The van der Waals surface area contributed by atoms with Crippen molar-refractivity contribution in [2.45, 2.75) is 31.8 Å². The molecule has 1 atom stereocenters. The van der Waals surface area contributed by atoms with Gasteiger partial charge in [0.25, 0.3) is 5.91 Å². The Bertz CT molecular complexity index is 508. The van der Waals surface area contributed by atoms with Crippen molar-refractivity contribution in [3.05, 3.63) is 18.0 Å². The Hall–Kier alpha value is -1.44. The summed E-state index contributed by atoms with van der Waals surface area (Å²) >= 11 is 0. The number of nitrogens with one attached hydrogen (secondary N) is 1. The minimum Gasteiger partial charge on any atom is -0.383 e. The Kier molecular flexibility index (Phi) is 6.84. The van der Waals surface area contributed by atoms with Crippen molar-refractivity contribution < 1.29 is 14.3 Å². The summed E-state index contributed by atoms with van der Waals surface area (Å²) in [4.78, 5) is 17.3. The van der Waals surface area contributed by atoms with Crippen LogP contribution in [0.25, 0.3) is 0 Å². The van der Waals surface area contributed by atoms with Gasteiger partial charge >= 0.3 is 0 Å². The maximum atomic E-state index is 12.8. The minimum absolute atomic E-state index is 0.0369. The molecule has 7 nitrogen and oxygen atoms in total. The van der Waals surface area contributed by atoms with E-state index >= 15 is 0 Å². The molecule has 2 aliphatic rings. The Morgan fingerprint density at radius 3 is 2.88 bits per heavy atom. The van der Waals surface area contributed by atoms with Crippen LogP contribution in [0.5, 0.6) is 0 Å². The Labute approximate surface area is 149 Å². The summed E-state index contributed by atoms with van der Waals surface area (Å²) in [7, 11) is 1.75. The molecule has 0 bridgehead atoms. The first-order valence-corrected chi connectivity index (χ1v) is 9.38. The van der Waals surface area contributed by atoms with E-state index in [1.807, 2.05) is 4.90 Å². The molecule has 3 heterocycles. The van der Waals surface area contributed by atoms with Crippen LogP contribution in [0.15, 0.2) is 12.3 Å². The molecule has 0 spiro atoms. The second-order valence-electron chi connectivity index (χ2n) is 7.09. The van der Waals surface area contributed by atoms with E-state index in [2.05, 4.69) is 15.1 Å². The number of carbonyl (C=O) groups excluding carboxylic acids is 1. The van der Waals surface area contributed by atoms with Gasteiger partial charge in [0, 0.05) is 39.5 Å². The highest BCUT2D eigenvalue weighted by atomic mass is 16.5. The number of piperidine rings is 1. The lowest BCUT2D eigenvalue weighted by Crippen LogP contribution is -2.44. The lowest BCUT2D eigenvalue weighted by atomic mass is 9.95. The third-order valence-corrected chi connectivity index (χ3v) is 5.26. The molecule has 1 aromatic rings. The SMILES string of the molecule is COCCN1CCC(CN(CC2CCCO2)C(=O)c2ccn[nH]2)CC1. The second kappa shape index (κ2) is 9.31. The molecule has 2 aliphatic heterocycles. The van der Waals surface area contributed by atoms with Crippen molar-refractivity contribution in [1.82, 2.24) is 20.0 Å². The van der Waals surface area contributed by atoms with Crippen LogP contribution in [-0.4, -0.2) is 85.1 Å². The molecule has 25 heavy (non-hydrogen) atoms. The summed E-state index contributed by atoms with van der Waals surface area (Å²) in [6.07, 6.45) is 6.20. The molecular weight excluding hydrogens is 320 g/mol. The third kappa shape index (κ3) is 5.26. The molecule has 0 radical (unpaired) electrons. The largest absolute Gasteiger partial charge is 0.383 e. The van der Waals surface area contributed by atoms with E-state index in [0.29, 0.717) is 18.2 Å². The number of likely N-dealkylation sites (tertiary alicyclic amines) is 1. The van der Waals surface area contributed by atoms with Crippen molar-refractivity contribution in [2.75, 3.05) is 53.0 Å². The van der Waals surface area contributed by atoms with Crippen LogP contribution < -0.4 is 0 Å². The van der Waals surface area contributed by atoms with E-state index in [9.17, 15) is 4.79 Å². The van der Waals surface area contributed by atoms with Crippen LogP contribution in [0.2, 0.25) is 0 Å².